The van der Waals surface area contributed by atoms with Gasteiger partial charge in [0.25, 0.3) is 0 Å². The second kappa shape index (κ2) is 17.7. The summed E-state index contributed by atoms with van der Waals surface area (Å²) in [4.78, 5) is 0. The van der Waals surface area contributed by atoms with Crippen LogP contribution in [0.25, 0.3) is 0 Å². The van der Waals surface area contributed by atoms with E-state index in [9.17, 15) is 5.11 Å². The Bertz CT molecular complexity index is 267. The van der Waals surface area contributed by atoms with Gasteiger partial charge in [-0.3, -0.25) is 0 Å². The first kappa shape index (κ1) is 25.2. The van der Waals surface area contributed by atoms with Crippen LogP contribution in [0.2, 0.25) is 0 Å². The quantitative estimate of drug-likeness (QED) is 0.190. The molecule has 0 aliphatic carbocycles. The number of rotatable bonds is 18. The molecule has 0 saturated heterocycles. The molecule has 3 unspecified atom stereocenters. The molecular weight excluding hydrogens is 328 g/mol. The van der Waals surface area contributed by atoms with Gasteiger partial charge in [-0.05, 0) is 18.8 Å². The van der Waals surface area contributed by atoms with Crippen molar-refractivity contribution in [3.05, 3.63) is 5.92 Å². The fraction of sp³-hybridized carbons (Fsp3) is 0.957. The van der Waals surface area contributed by atoms with E-state index >= 15 is 0 Å². The lowest BCUT2D eigenvalue weighted by Gasteiger charge is -2.25. The smallest absolute Gasteiger partial charge is 0.0681 e. The van der Waals surface area contributed by atoms with Crippen molar-refractivity contribution >= 4 is 11.6 Å². The van der Waals surface area contributed by atoms with E-state index < -0.39 is 6.10 Å². The van der Waals surface area contributed by atoms with Crippen LogP contribution in [0.3, 0.4) is 0 Å². The van der Waals surface area contributed by atoms with E-state index in [4.69, 9.17) is 11.6 Å². The molecule has 2 heteroatoms. The highest BCUT2D eigenvalue weighted by atomic mass is 35.5. The van der Waals surface area contributed by atoms with Gasteiger partial charge in [-0.2, -0.15) is 0 Å². The highest BCUT2D eigenvalue weighted by Crippen LogP contribution is 2.28. The molecule has 0 aromatic heterocycles. The zero-order valence-corrected chi connectivity index (χ0v) is 18.4. The predicted molar refractivity (Wildman–Crippen MR) is 114 cm³/mol. The summed E-state index contributed by atoms with van der Waals surface area (Å²) in [7, 11) is 0. The van der Waals surface area contributed by atoms with Crippen molar-refractivity contribution in [3.8, 4) is 0 Å². The Kier molecular flexibility index (Phi) is 17.8. The maximum absolute atomic E-state index is 9.58. The van der Waals surface area contributed by atoms with E-state index in [2.05, 4.69) is 20.8 Å². The van der Waals surface area contributed by atoms with Crippen molar-refractivity contribution < 1.29 is 5.11 Å². The fourth-order valence-corrected chi connectivity index (χ4v) is 3.74. The number of hydrogen-bond acceptors (Lipinski definition) is 1. The van der Waals surface area contributed by atoms with E-state index in [0.29, 0.717) is 5.92 Å². The van der Waals surface area contributed by atoms with Crippen LogP contribution in [-0.4, -0.2) is 16.6 Å². The zero-order chi connectivity index (χ0) is 18.9. The van der Waals surface area contributed by atoms with Crippen molar-refractivity contribution in [2.75, 3.05) is 0 Å². The Balaban J connectivity index is 3.31. The minimum atomic E-state index is -0.444. The summed E-state index contributed by atoms with van der Waals surface area (Å²) >= 11 is 6.24. The number of hydrogen-bond donors (Lipinski definition) is 1. The minimum Gasteiger partial charge on any atom is -0.392 e. The molecule has 0 bridgehead atoms. The molecule has 0 aliphatic rings. The third kappa shape index (κ3) is 15.0. The fourth-order valence-electron chi connectivity index (χ4n) is 3.53. The summed E-state index contributed by atoms with van der Waals surface area (Å²) in [6.45, 7) is 8.40. The van der Waals surface area contributed by atoms with Gasteiger partial charge in [0, 0.05) is 0 Å². The molecule has 0 rings (SSSR count). The van der Waals surface area contributed by atoms with Gasteiger partial charge in [0.2, 0.25) is 0 Å². The van der Waals surface area contributed by atoms with Crippen LogP contribution >= 0.6 is 11.6 Å². The van der Waals surface area contributed by atoms with E-state index in [1.54, 1.807) is 6.92 Å². The van der Waals surface area contributed by atoms with Crippen LogP contribution in [0.1, 0.15) is 124 Å². The largest absolute Gasteiger partial charge is 0.392 e. The topological polar surface area (TPSA) is 20.2 Å². The molecule has 0 fully saturated rings. The maximum atomic E-state index is 9.58. The molecule has 0 amide bonds. The molecule has 0 aromatic rings. The highest BCUT2D eigenvalue weighted by Gasteiger charge is 2.24. The lowest BCUT2D eigenvalue weighted by Crippen LogP contribution is -2.27. The van der Waals surface area contributed by atoms with Gasteiger partial charge in [0.1, 0.15) is 0 Å². The Labute approximate surface area is 164 Å². The van der Waals surface area contributed by atoms with E-state index in [0.717, 1.165) is 0 Å². The van der Waals surface area contributed by atoms with Gasteiger partial charge in [0.15, 0.2) is 0 Å². The van der Waals surface area contributed by atoms with E-state index in [1.165, 1.54) is 102 Å². The number of aliphatic hydroxyl groups excluding tert-OH is 1. The first-order chi connectivity index (χ1) is 12.0. The van der Waals surface area contributed by atoms with E-state index in [-0.39, 0.29) is 5.38 Å². The standard InChI is InChI=1S/C23H46ClO/c1-5-6-7-8-9-10-11-12-13-14-15-16-17-18-19-20(2)21(3)23(24)22(4)25/h20,22-23,25H,5-19H2,1-4H3. The van der Waals surface area contributed by atoms with Gasteiger partial charge < -0.3 is 5.11 Å². The molecule has 0 spiro atoms. The molecule has 0 saturated carbocycles. The maximum Gasteiger partial charge on any atom is 0.0681 e. The molecule has 0 aromatic carbocycles. The summed E-state index contributed by atoms with van der Waals surface area (Å²) < 4.78 is 0. The van der Waals surface area contributed by atoms with Crippen molar-refractivity contribution in [2.24, 2.45) is 5.92 Å². The number of aliphatic hydroxyl groups is 1. The molecule has 25 heavy (non-hydrogen) atoms. The van der Waals surface area contributed by atoms with Gasteiger partial charge >= 0.3 is 0 Å². The molecule has 1 nitrogen and oxygen atoms in total. The van der Waals surface area contributed by atoms with E-state index in [1.807, 2.05) is 0 Å². The number of unbranched alkanes of at least 4 members (excludes halogenated alkanes) is 13. The summed E-state index contributed by atoms with van der Waals surface area (Å²) in [5, 5.41) is 9.39. The highest BCUT2D eigenvalue weighted by molar-refractivity contribution is 6.22. The van der Waals surface area contributed by atoms with Crippen LogP contribution in [0.4, 0.5) is 0 Å². The van der Waals surface area contributed by atoms with Crippen LogP contribution in [0.15, 0.2) is 0 Å². The number of halogens is 1. The van der Waals surface area contributed by atoms with Gasteiger partial charge in [-0.15, -0.1) is 11.6 Å². The third-order valence-corrected chi connectivity index (χ3v) is 6.34. The molecule has 1 N–H and O–H groups in total. The lowest BCUT2D eigenvalue weighted by atomic mass is 9.86. The van der Waals surface area contributed by atoms with Crippen LogP contribution < -0.4 is 0 Å². The molecule has 151 valence electrons. The Morgan fingerprint density at radius 3 is 1.44 bits per heavy atom. The minimum absolute atomic E-state index is 0.193. The second-order valence-corrected chi connectivity index (χ2v) is 8.64. The SMILES string of the molecule is CCCCCCCCCCCCCCCCC(C)[C](C)C(Cl)C(C)O. The van der Waals surface area contributed by atoms with Crippen LogP contribution in [0.5, 0.6) is 0 Å². The molecule has 3 atom stereocenters. The lowest BCUT2D eigenvalue weighted by molar-refractivity contribution is 0.186. The van der Waals surface area contributed by atoms with Crippen molar-refractivity contribution in [1.82, 2.24) is 0 Å². The summed E-state index contributed by atoms with van der Waals surface area (Å²) in [6, 6.07) is 0. The summed E-state index contributed by atoms with van der Waals surface area (Å²) in [6.07, 6.45) is 20.5. The van der Waals surface area contributed by atoms with Gasteiger partial charge in [-0.25, -0.2) is 0 Å². The van der Waals surface area contributed by atoms with Gasteiger partial charge in [0.05, 0.1) is 11.5 Å². The monoisotopic (exact) mass is 373 g/mol. The van der Waals surface area contributed by atoms with Crippen LogP contribution in [0, 0.1) is 11.8 Å². The number of alkyl halides is 1. The first-order valence-corrected chi connectivity index (χ1v) is 11.6. The average molecular weight is 374 g/mol. The average Bonchev–Trinajstić information content (AvgIpc) is 2.60. The van der Waals surface area contributed by atoms with Crippen molar-refractivity contribution in [1.29, 1.82) is 0 Å². The second-order valence-electron chi connectivity index (χ2n) is 8.17. The Hall–Kier alpha value is 0.250. The third-order valence-electron chi connectivity index (χ3n) is 5.63. The summed E-state index contributed by atoms with van der Waals surface area (Å²) in [5.74, 6) is 1.76. The first-order valence-electron chi connectivity index (χ1n) is 11.2. The molecule has 0 aliphatic heterocycles. The molecule has 0 heterocycles. The Morgan fingerprint density at radius 1 is 0.720 bits per heavy atom. The van der Waals surface area contributed by atoms with Crippen molar-refractivity contribution in [3.63, 3.8) is 0 Å². The van der Waals surface area contributed by atoms with Crippen molar-refractivity contribution in [2.45, 2.75) is 135 Å². The van der Waals surface area contributed by atoms with Gasteiger partial charge in [-0.1, -0.05) is 117 Å². The molecular formula is C23H46ClO. The Morgan fingerprint density at radius 2 is 1.08 bits per heavy atom. The summed E-state index contributed by atoms with van der Waals surface area (Å²) in [5.41, 5.74) is 0. The molecule has 1 radical (unpaired) electrons. The normalized spacial score (nSPS) is 15.5. The zero-order valence-electron chi connectivity index (χ0n) is 17.7. The van der Waals surface area contributed by atoms with Crippen LogP contribution in [-0.2, 0) is 0 Å². The predicted octanol–water partition coefficient (Wildman–Crippen LogP) is 8.08.